The van der Waals surface area contributed by atoms with E-state index in [-0.39, 0.29) is 16.9 Å². The van der Waals surface area contributed by atoms with Crippen LogP contribution in [0.2, 0.25) is 0 Å². The van der Waals surface area contributed by atoms with Crippen molar-refractivity contribution in [3.63, 3.8) is 0 Å². The molecule has 2 aliphatic rings. The lowest BCUT2D eigenvalue weighted by atomic mass is 9.78. The highest BCUT2D eigenvalue weighted by Crippen LogP contribution is 2.43. The Hall–Kier alpha value is -3.54. The van der Waals surface area contributed by atoms with Crippen LogP contribution in [-0.4, -0.2) is 43.2 Å². The van der Waals surface area contributed by atoms with Crippen LogP contribution >= 0.6 is 0 Å². The fraction of sp³-hybridized carbons (Fsp3) is 0.478. The largest absolute Gasteiger partial charge is 0.497 e. The van der Waals surface area contributed by atoms with E-state index in [0.29, 0.717) is 34.8 Å². The second-order valence-electron chi connectivity index (χ2n) is 8.68. The van der Waals surface area contributed by atoms with Crippen LogP contribution in [0.15, 0.2) is 23.0 Å². The van der Waals surface area contributed by atoms with Gasteiger partial charge in [0.05, 0.1) is 25.9 Å². The van der Waals surface area contributed by atoms with Crippen molar-refractivity contribution in [1.82, 2.24) is 9.97 Å². The third-order valence-electron chi connectivity index (χ3n) is 6.19. The molecule has 9 heteroatoms. The Morgan fingerprint density at radius 3 is 2.50 bits per heavy atom. The van der Waals surface area contributed by atoms with Crippen molar-refractivity contribution < 1.29 is 14.3 Å². The minimum Gasteiger partial charge on any atom is -0.497 e. The van der Waals surface area contributed by atoms with Gasteiger partial charge in [-0.25, -0.2) is 0 Å². The van der Waals surface area contributed by atoms with E-state index in [2.05, 4.69) is 35.2 Å². The molecule has 0 saturated carbocycles. The number of benzene rings is 1. The number of fused-ring (bicyclic) bond motifs is 1. The zero-order chi connectivity index (χ0) is 23.0. The van der Waals surface area contributed by atoms with Crippen molar-refractivity contribution in [2.45, 2.75) is 26.2 Å². The second kappa shape index (κ2) is 8.54. The summed E-state index contributed by atoms with van der Waals surface area (Å²) in [5, 5.41) is 12.5. The summed E-state index contributed by atoms with van der Waals surface area (Å²) in [5.41, 5.74) is 0.427. The van der Waals surface area contributed by atoms with E-state index < -0.39 is 17.7 Å². The highest BCUT2D eigenvalue weighted by Gasteiger charge is 2.42. The standard InChI is InChI=1S/C23H27N5O4/c1-12-7-13(2)11-28(10-12)23-26-20-19(22(30)27-23)18(16(9-24)21(29)25-20)15-6-5-14(31-3)8-17(15)32-4/h5-6,8,12-13,16,18H,7,10-11H2,1-4H3,(H2,25,26,27,29,30). The Kier molecular flexibility index (Phi) is 5.78. The molecule has 1 aromatic heterocycles. The maximum Gasteiger partial charge on any atom is 0.258 e. The van der Waals surface area contributed by atoms with E-state index in [1.54, 1.807) is 18.2 Å². The number of nitrogens with one attached hydrogen (secondary N) is 2. The number of anilines is 2. The Balaban J connectivity index is 1.85. The predicted octanol–water partition coefficient (Wildman–Crippen LogP) is 2.49. The molecule has 0 spiro atoms. The van der Waals surface area contributed by atoms with Crippen LogP contribution in [-0.2, 0) is 4.79 Å². The minimum absolute atomic E-state index is 0.189. The number of aromatic amines is 1. The third-order valence-corrected chi connectivity index (χ3v) is 6.19. The number of nitrogens with zero attached hydrogens (tertiary/aromatic N) is 3. The summed E-state index contributed by atoms with van der Waals surface area (Å²) in [5.74, 6) is 0.128. The van der Waals surface area contributed by atoms with Crippen LogP contribution in [0.3, 0.4) is 0 Å². The lowest BCUT2D eigenvalue weighted by Gasteiger charge is -2.36. The van der Waals surface area contributed by atoms with Gasteiger partial charge in [0.2, 0.25) is 11.9 Å². The lowest BCUT2D eigenvalue weighted by Crippen LogP contribution is -2.43. The molecule has 0 bridgehead atoms. The first kappa shape index (κ1) is 21.7. The van der Waals surface area contributed by atoms with Gasteiger partial charge in [-0.3, -0.25) is 14.6 Å². The number of amides is 1. The van der Waals surface area contributed by atoms with Crippen LogP contribution in [0.1, 0.15) is 37.3 Å². The number of ether oxygens (including phenoxy) is 2. The average Bonchev–Trinajstić information content (AvgIpc) is 2.76. The highest BCUT2D eigenvalue weighted by atomic mass is 16.5. The van der Waals surface area contributed by atoms with Crippen LogP contribution in [0.5, 0.6) is 11.5 Å². The number of carbonyl (C=O) groups excluding carboxylic acids is 1. The van der Waals surface area contributed by atoms with Crippen molar-refractivity contribution >= 4 is 17.7 Å². The third kappa shape index (κ3) is 3.77. The molecule has 0 aliphatic carbocycles. The normalized spacial score (nSPS) is 24.8. The summed E-state index contributed by atoms with van der Waals surface area (Å²) < 4.78 is 10.8. The van der Waals surface area contributed by atoms with Crippen molar-refractivity contribution in [3.8, 4) is 17.6 Å². The molecular weight excluding hydrogens is 410 g/mol. The monoisotopic (exact) mass is 437 g/mol. The SMILES string of the molecule is COc1ccc(C2c3c(nc(N4CC(C)CC(C)C4)[nH]c3=O)NC(=O)C2C#N)c(OC)c1. The second-order valence-corrected chi connectivity index (χ2v) is 8.68. The Morgan fingerprint density at radius 2 is 1.88 bits per heavy atom. The van der Waals surface area contributed by atoms with Gasteiger partial charge in [-0.1, -0.05) is 19.9 Å². The quantitative estimate of drug-likeness (QED) is 0.754. The molecule has 0 radical (unpaired) electrons. The van der Waals surface area contributed by atoms with Gasteiger partial charge in [-0.05, 0) is 24.3 Å². The summed E-state index contributed by atoms with van der Waals surface area (Å²) in [6.07, 6.45) is 1.12. The topological polar surface area (TPSA) is 120 Å². The van der Waals surface area contributed by atoms with Gasteiger partial charge in [0.15, 0.2) is 0 Å². The summed E-state index contributed by atoms with van der Waals surface area (Å²) in [7, 11) is 3.03. The molecule has 9 nitrogen and oxygen atoms in total. The van der Waals surface area contributed by atoms with Gasteiger partial charge in [0.1, 0.15) is 23.2 Å². The van der Waals surface area contributed by atoms with Crippen LogP contribution in [0.4, 0.5) is 11.8 Å². The van der Waals surface area contributed by atoms with Gasteiger partial charge in [0, 0.05) is 30.6 Å². The lowest BCUT2D eigenvalue weighted by molar-refractivity contribution is -0.119. The number of aromatic nitrogens is 2. The number of hydrogen-bond donors (Lipinski definition) is 2. The van der Waals surface area contributed by atoms with Crippen LogP contribution in [0, 0.1) is 29.1 Å². The summed E-state index contributed by atoms with van der Waals surface area (Å²) >= 11 is 0. The molecule has 168 valence electrons. The van der Waals surface area contributed by atoms with Gasteiger partial charge in [0.25, 0.3) is 5.56 Å². The molecule has 1 fully saturated rings. The zero-order valence-electron chi connectivity index (χ0n) is 18.6. The molecule has 4 rings (SSSR count). The number of H-pyrrole nitrogens is 1. The number of piperidine rings is 1. The zero-order valence-corrected chi connectivity index (χ0v) is 18.6. The summed E-state index contributed by atoms with van der Waals surface area (Å²) in [6, 6.07) is 7.15. The summed E-state index contributed by atoms with van der Waals surface area (Å²) in [4.78, 5) is 35.7. The molecule has 3 heterocycles. The van der Waals surface area contributed by atoms with Gasteiger partial charge >= 0.3 is 0 Å². The van der Waals surface area contributed by atoms with Gasteiger partial charge < -0.3 is 19.7 Å². The first-order valence-electron chi connectivity index (χ1n) is 10.7. The Labute approximate surface area is 186 Å². The number of hydrogen-bond acceptors (Lipinski definition) is 7. The van der Waals surface area contributed by atoms with E-state index in [0.717, 1.165) is 19.5 Å². The smallest absolute Gasteiger partial charge is 0.258 e. The maximum absolute atomic E-state index is 13.3. The van der Waals surface area contributed by atoms with Crippen molar-refractivity contribution in [3.05, 3.63) is 39.7 Å². The minimum atomic E-state index is -1.10. The Bertz CT molecular complexity index is 1130. The predicted molar refractivity (Wildman–Crippen MR) is 119 cm³/mol. The van der Waals surface area contributed by atoms with E-state index in [1.807, 2.05) is 4.90 Å². The van der Waals surface area contributed by atoms with E-state index in [4.69, 9.17) is 9.47 Å². The number of methoxy groups -OCH3 is 2. The highest BCUT2D eigenvalue weighted by molar-refractivity contribution is 5.98. The van der Waals surface area contributed by atoms with Gasteiger partial charge in [-0.15, -0.1) is 0 Å². The number of carbonyl (C=O) groups is 1. The maximum atomic E-state index is 13.3. The molecule has 2 aromatic rings. The Morgan fingerprint density at radius 1 is 1.16 bits per heavy atom. The fourth-order valence-electron chi connectivity index (χ4n) is 4.90. The molecule has 2 N–H and O–H groups in total. The molecule has 1 amide bonds. The number of rotatable bonds is 4. The molecule has 1 aromatic carbocycles. The molecule has 2 aliphatic heterocycles. The molecule has 4 unspecified atom stereocenters. The summed E-state index contributed by atoms with van der Waals surface area (Å²) in [6.45, 7) is 5.89. The molecule has 32 heavy (non-hydrogen) atoms. The van der Waals surface area contributed by atoms with Gasteiger partial charge in [-0.2, -0.15) is 10.2 Å². The first-order chi connectivity index (χ1) is 15.4. The molecular formula is C23H27N5O4. The van der Waals surface area contributed by atoms with E-state index >= 15 is 0 Å². The average molecular weight is 438 g/mol. The number of nitriles is 1. The first-order valence-corrected chi connectivity index (χ1v) is 10.7. The molecule has 4 atom stereocenters. The fourth-order valence-corrected chi connectivity index (χ4v) is 4.90. The van der Waals surface area contributed by atoms with Crippen molar-refractivity contribution in [2.75, 3.05) is 37.5 Å². The van der Waals surface area contributed by atoms with E-state index in [1.165, 1.54) is 14.2 Å². The molecule has 1 saturated heterocycles. The van der Waals surface area contributed by atoms with Crippen molar-refractivity contribution in [1.29, 1.82) is 5.26 Å². The van der Waals surface area contributed by atoms with Crippen LogP contribution < -0.4 is 25.2 Å². The van der Waals surface area contributed by atoms with E-state index in [9.17, 15) is 14.9 Å². The van der Waals surface area contributed by atoms with Crippen molar-refractivity contribution in [2.24, 2.45) is 17.8 Å². The van der Waals surface area contributed by atoms with Crippen LogP contribution in [0.25, 0.3) is 0 Å².